The van der Waals surface area contributed by atoms with Crippen LogP contribution in [-0.2, 0) is 16.2 Å². The number of nitrogens with zero attached hydrogens (tertiary/aromatic N) is 4. The molecule has 1 saturated heterocycles. The van der Waals surface area contributed by atoms with Crippen molar-refractivity contribution in [2.24, 2.45) is 5.16 Å². The number of halogens is 1. The van der Waals surface area contributed by atoms with E-state index in [-0.39, 0.29) is 24.1 Å². The molecule has 2 aromatic heterocycles. The first-order valence-electron chi connectivity index (χ1n) is 12.4. The Morgan fingerprint density at radius 2 is 1.84 bits per heavy atom. The fourth-order valence-corrected chi connectivity index (χ4v) is 6.32. The molecule has 9 heteroatoms. The van der Waals surface area contributed by atoms with Crippen molar-refractivity contribution in [1.82, 2.24) is 14.5 Å². The summed E-state index contributed by atoms with van der Waals surface area (Å²) in [5.74, 6) is 0.269. The van der Waals surface area contributed by atoms with E-state index < -0.39 is 0 Å². The van der Waals surface area contributed by atoms with Crippen molar-refractivity contribution in [2.45, 2.75) is 37.8 Å². The third-order valence-corrected chi connectivity index (χ3v) is 8.48. The van der Waals surface area contributed by atoms with E-state index in [1.54, 1.807) is 22.0 Å². The fraction of sp³-hybridized carbons (Fsp3) is 0.286. The normalized spacial score (nSPS) is 18.1. The van der Waals surface area contributed by atoms with Crippen LogP contribution in [0.4, 0.5) is 0 Å². The second kappa shape index (κ2) is 10.1. The van der Waals surface area contributed by atoms with Gasteiger partial charge in [0.2, 0.25) is 5.91 Å². The molecule has 37 heavy (non-hydrogen) atoms. The predicted octanol–water partition coefficient (Wildman–Crippen LogP) is 5.38. The lowest BCUT2D eigenvalue weighted by molar-refractivity contribution is -0.132. The standard InChI is InChI=1S/C28H25ClN4O3S/c29-21-7-3-2-6-20(21)25-15-22(31-36-25)23-17-37-28(30-23)19-11-13-32(14-12-19)27(35)16-33-24-8-4-1-5-18(24)9-10-26(33)34/h1-10,17,19,25H,11-16H2. The second-order valence-electron chi connectivity index (χ2n) is 9.40. The van der Waals surface area contributed by atoms with E-state index in [0.717, 1.165) is 45.7 Å². The Hall–Kier alpha value is -3.49. The van der Waals surface area contributed by atoms with E-state index in [9.17, 15) is 9.59 Å². The average Bonchev–Trinajstić information content (AvgIpc) is 3.61. The Balaban J connectivity index is 1.07. The Kier molecular flexibility index (Phi) is 6.52. The fourth-order valence-electron chi connectivity index (χ4n) is 5.06. The summed E-state index contributed by atoms with van der Waals surface area (Å²) in [6.07, 6.45) is 2.12. The summed E-state index contributed by atoms with van der Waals surface area (Å²) in [5.41, 5.74) is 3.24. The van der Waals surface area contributed by atoms with Crippen LogP contribution in [-0.4, -0.2) is 39.2 Å². The van der Waals surface area contributed by atoms with E-state index in [1.165, 1.54) is 6.07 Å². The number of fused-ring (bicyclic) bond motifs is 1. The number of hydrogen-bond acceptors (Lipinski definition) is 6. The number of hydrogen-bond donors (Lipinski definition) is 0. The van der Waals surface area contributed by atoms with E-state index in [4.69, 9.17) is 21.4 Å². The lowest BCUT2D eigenvalue weighted by atomic mass is 9.97. The van der Waals surface area contributed by atoms with Crippen LogP contribution in [0.25, 0.3) is 10.9 Å². The molecule has 0 bridgehead atoms. The SMILES string of the molecule is O=C(Cn1c(=O)ccc2ccccc21)N1CCC(c2nc(C3=NOC(c4ccccc4Cl)C3)cs2)CC1. The first kappa shape index (κ1) is 23.9. The first-order valence-corrected chi connectivity index (χ1v) is 13.6. The maximum Gasteiger partial charge on any atom is 0.251 e. The molecule has 7 nitrogen and oxygen atoms in total. The number of rotatable bonds is 5. The van der Waals surface area contributed by atoms with Gasteiger partial charge in [-0.3, -0.25) is 14.2 Å². The number of amides is 1. The molecule has 1 atom stereocenters. The number of para-hydroxylation sites is 1. The van der Waals surface area contributed by atoms with E-state index in [0.29, 0.717) is 30.5 Å². The molecule has 1 unspecified atom stereocenters. The van der Waals surface area contributed by atoms with Crippen LogP contribution >= 0.6 is 22.9 Å². The molecule has 1 fully saturated rings. The van der Waals surface area contributed by atoms with Crippen molar-refractivity contribution < 1.29 is 9.63 Å². The van der Waals surface area contributed by atoms with Crippen molar-refractivity contribution in [2.75, 3.05) is 13.1 Å². The van der Waals surface area contributed by atoms with Crippen molar-refractivity contribution in [3.8, 4) is 0 Å². The maximum absolute atomic E-state index is 13.1. The zero-order valence-electron chi connectivity index (χ0n) is 20.0. The van der Waals surface area contributed by atoms with Crippen molar-refractivity contribution in [3.05, 3.63) is 97.7 Å². The van der Waals surface area contributed by atoms with E-state index in [2.05, 4.69) is 5.16 Å². The van der Waals surface area contributed by atoms with Gasteiger partial charge in [-0.1, -0.05) is 53.2 Å². The number of carbonyl (C=O) groups excluding carboxylic acids is 1. The molecule has 4 heterocycles. The van der Waals surface area contributed by atoms with Crippen LogP contribution < -0.4 is 5.56 Å². The van der Waals surface area contributed by atoms with Crippen molar-refractivity contribution in [1.29, 1.82) is 0 Å². The van der Waals surface area contributed by atoms with Crippen LogP contribution in [0.2, 0.25) is 5.02 Å². The van der Waals surface area contributed by atoms with E-state index in [1.807, 2.05) is 58.8 Å². The molecular weight excluding hydrogens is 508 g/mol. The number of oxime groups is 1. The molecule has 4 aromatic rings. The monoisotopic (exact) mass is 532 g/mol. The summed E-state index contributed by atoms with van der Waals surface area (Å²) in [7, 11) is 0. The minimum atomic E-state index is -0.197. The summed E-state index contributed by atoms with van der Waals surface area (Å²) in [6, 6.07) is 18.6. The Morgan fingerprint density at radius 3 is 2.68 bits per heavy atom. The van der Waals surface area contributed by atoms with Crippen molar-refractivity contribution >= 4 is 45.5 Å². The van der Waals surface area contributed by atoms with E-state index >= 15 is 0 Å². The molecule has 2 aliphatic rings. The van der Waals surface area contributed by atoms with Gasteiger partial charge in [0.05, 0.1) is 16.2 Å². The summed E-state index contributed by atoms with van der Waals surface area (Å²) < 4.78 is 1.57. The zero-order chi connectivity index (χ0) is 25.4. The highest BCUT2D eigenvalue weighted by Crippen LogP contribution is 2.35. The zero-order valence-corrected chi connectivity index (χ0v) is 21.6. The molecule has 0 aliphatic carbocycles. The highest BCUT2D eigenvalue weighted by atomic mass is 35.5. The van der Waals surface area contributed by atoms with Gasteiger partial charge in [0.15, 0.2) is 6.10 Å². The van der Waals surface area contributed by atoms with Crippen molar-refractivity contribution in [3.63, 3.8) is 0 Å². The molecule has 2 aliphatic heterocycles. The van der Waals surface area contributed by atoms with Crippen LogP contribution in [0.15, 0.2) is 76.0 Å². The quantitative estimate of drug-likeness (QED) is 0.345. The lowest BCUT2D eigenvalue weighted by Crippen LogP contribution is -2.41. The molecule has 0 N–H and O–H groups in total. The predicted molar refractivity (Wildman–Crippen MR) is 145 cm³/mol. The highest BCUT2D eigenvalue weighted by molar-refractivity contribution is 7.10. The lowest BCUT2D eigenvalue weighted by Gasteiger charge is -2.31. The molecule has 188 valence electrons. The summed E-state index contributed by atoms with van der Waals surface area (Å²) in [5, 5.41) is 9.02. The number of piperidine rings is 1. The maximum atomic E-state index is 13.1. The number of pyridine rings is 1. The van der Waals surface area contributed by atoms with Gasteiger partial charge in [-0.05, 0) is 36.4 Å². The molecule has 0 radical (unpaired) electrons. The minimum Gasteiger partial charge on any atom is -0.387 e. The molecule has 2 aromatic carbocycles. The largest absolute Gasteiger partial charge is 0.387 e. The van der Waals surface area contributed by atoms with Gasteiger partial charge in [0, 0.05) is 47.5 Å². The number of likely N-dealkylation sites (tertiary alicyclic amines) is 1. The Labute approximate surface area is 223 Å². The summed E-state index contributed by atoms with van der Waals surface area (Å²) in [4.78, 5) is 38.0. The van der Waals surface area contributed by atoms with Crippen LogP contribution in [0.1, 0.15) is 47.5 Å². The molecule has 0 saturated carbocycles. The molecule has 1 amide bonds. The molecular formula is C28H25ClN4O3S. The smallest absolute Gasteiger partial charge is 0.251 e. The number of thiazole rings is 1. The molecule has 0 spiro atoms. The van der Waals surface area contributed by atoms with Crippen LogP contribution in [0.3, 0.4) is 0 Å². The minimum absolute atomic E-state index is 0.0280. The highest BCUT2D eigenvalue weighted by Gasteiger charge is 2.29. The first-order chi connectivity index (χ1) is 18.1. The molecule has 6 rings (SSSR count). The topological polar surface area (TPSA) is 76.8 Å². The number of aromatic nitrogens is 2. The van der Waals surface area contributed by atoms with Gasteiger partial charge < -0.3 is 9.74 Å². The number of carbonyl (C=O) groups is 1. The van der Waals surface area contributed by atoms with Crippen LogP contribution in [0.5, 0.6) is 0 Å². The summed E-state index contributed by atoms with van der Waals surface area (Å²) >= 11 is 7.96. The van der Waals surface area contributed by atoms with Gasteiger partial charge in [-0.25, -0.2) is 4.98 Å². The van der Waals surface area contributed by atoms with Gasteiger partial charge in [0.1, 0.15) is 12.3 Å². The van der Waals surface area contributed by atoms with Gasteiger partial charge in [0.25, 0.3) is 5.56 Å². The van der Waals surface area contributed by atoms with Gasteiger partial charge >= 0.3 is 0 Å². The average molecular weight is 533 g/mol. The summed E-state index contributed by atoms with van der Waals surface area (Å²) in [6.45, 7) is 1.35. The third kappa shape index (κ3) is 4.79. The van der Waals surface area contributed by atoms with Gasteiger partial charge in [-0.2, -0.15) is 0 Å². The third-order valence-electron chi connectivity index (χ3n) is 7.13. The van der Waals surface area contributed by atoms with Crippen LogP contribution in [0, 0.1) is 0 Å². The van der Waals surface area contributed by atoms with Gasteiger partial charge in [-0.15, -0.1) is 11.3 Å². The second-order valence-corrected chi connectivity index (χ2v) is 10.7. The Bertz CT molecular complexity index is 1550. The Morgan fingerprint density at radius 1 is 1.05 bits per heavy atom. The number of benzene rings is 2.